The molecule has 2 rings (SSSR count). The maximum atomic E-state index is 12.2. The maximum absolute atomic E-state index is 12.2. The molecular formula is C19H20O6. The molecule has 25 heavy (non-hydrogen) atoms. The quantitative estimate of drug-likeness (QED) is 0.430. The van der Waals surface area contributed by atoms with Crippen molar-refractivity contribution < 1.29 is 28.6 Å². The molecule has 0 saturated heterocycles. The summed E-state index contributed by atoms with van der Waals surface area (Å²) in [5.41, 5.74) is 0.684. The number of carbonyl (C=O) groups excluding carboxylic acids is 3. The minimum absolute atomic E-state index is 0.191. The molecule has 1 aromatic rings. The molecule has 0 fully saturated rings. The van der Waals surface area contributed by atoms with E-state index in [1.165, 1.54) is 19.1 Å². The molecule has 0 aliphatic carbocycles. The number of hydrogen-bond donors (Lipinski definition) is 0. The van der Waals surface area contributed by atoms with Crippen molar-refractivity contribution in [2.45, 2.75) is 20.3 Å². The van der Waals surface area contributed by atoms with E-state index in [0.29, 0.717) is 23.7 Å². The number of benzene rings is 1. The van der Waals surface area contributed by atoms with Gasteiger partial charge >= 0.3 is 5.97 Å². The van der Waals surface area contributed by atoms with Gasteiger partial charge in [-0.15, -0.1) is 0 Å². The third-order valence-electron chi connectivity index (χ3n) is 3.50. The number of allylic oxidation sites excluding steroid dienone is 3. The SMILES string of the molecule is CCCOc1cc(C=CC(=O)C2C(=O)C=C(C)OC2=O)ccc1OC. The smallest absolute Gasteiger partial charge is 0.329 e. The molecule has 0 N–H and O–H groups in total. The van der Waals surface area contributed by atoms with Crippen LogP contribution >= 0.6 is 0 Å². The molecule has 0 aromatic heterocycles. The van der Waals surface area contributed by atoms with Crippen LogP contribution in [0.5, 0.6) is 11.5 Å². The summed E-state index contributed by atoms with van der Waals surface area (Å²) in [6.45, 7) is 4.02. The van der Waals surface area contributed by atoms with Gasteiger partial charge in [0.05, 0.1) is 13.7 Å². The molecule has 0 spiro atoms. The Morgan fingerprint density at radius 2 is 2.04 bits per heavy atom. The largest absolute Gasteiger partial charge is 0.493 e. The number of hydrogen-bond acceptors (Lipinski definition) is 6. The van der Waals surface area contributed by atoms with E-state index in [-0.39, 0.29) is 5.76 Å². The molecule has 1 unspecified atom stereocenters. The Balaban J connectivity index is 2.17. The van der Waals surface area contributed by atoms with Gasteiger partial charge in [-0.2, -0.15) is 0 Å². The zero-order valence-electron chi connectivity index (χ0n) is 14.4. The van der Waals surface area contributed by atoms with E-state index >= 15 is 0 Å². The summed E-state index contributed by atoms with van der Waals surface area (Å²) in [6, 6.07) is 5.19. The third kappa shape index (κ3) is 4.56. The van der Waals surface area contributed by atoms with Crippen molar-refractivity contribution in [1.82, 2.24) is 0 Å². The highest BCUT2D eigenvalue weighted by atomic mass is 16.5. The van der Waals surface area contributed by atoms with Crippen molar-refractivity contribution in [3.8, 4) is 11.5 Å². The molecule has 1 aliphatic rings. The van der Waals surface area contributed by atoms with Gasteiger partial charge in [0.2, 0.25) is 0 Å². The fraction of sp³-hybridized carbons (Fsp3) is 0.316. The Morgan fingerprint density at radius 1 is 1.28 bits per heavy atom. The van der Waals surface area contributed by atoms with Crippen LogP contribution in [0.1, 0.15) is 25.8 Å². The normalized spacial score (nSPS) is 17.2. The first-order valence-electron chi connectivity index (χ1n) is 7.92. The first-order chi connectivity index (χ1) is 12.0. The average molecular weight is 344 g/mol. The third-order valence-corrected chi connectivity index (χ3v) is 3.50. The van der Waals surface area contributed by atoms with E-state index in [1.807, 2.05) is 6.92 Å². The highest BCUT2D eigenvalue weighted by Crippen LogP contribution is 2.29. The van der Waals surface area contributed by atoms with Crippen molar-refractivity contribution in [3.63, 3.8) is 0 Å². The summed E-state index contributed by atoms with van der Waals surface area (Å²) < 4.78 is 15.7. The predicted molar refractivity (Wildman–Crippen MR) is 91.2 cm³/mol. The van der Waals surface area contributed by atoms with E-state index in [9.17, 15) is 14.4 Å². The number of carbonyl (C=O) groups is 3. The summed E-state index contributed by atoms with van der Waals surface area (Å²) in [5.74, 6) is -2.13. The minimum atomic E-state index is -1.44. The number of methoxy groups -OCH3 is 1. The van der Waals surface area contributed by atoms with Crippen molar-refractivity contribution in [3.05, 3.63) is 41.7 Å². The number of esters is 1. The lowest BCUT2D eigenvalue weighted by atomic mass is 9.96. The van der Waals surface area contributed by atoms with Crippen molar-refractivity contribution >= 4 is 23.6 Å². The lowest BCUT2D eigenvalue weighted by Gasteiger charge is -2.15. The van der Waals surface area contributed by atoms with Crippen molar-refractivity contribution in [2.75, 3.05) is 13.7 Å². The molecule has 1 atom stereocenters. The molecule has 1 aromatic carbocycles. The van der Waals surface area contributed by atoms with E-state index in [2.05, 4.69) is 0 Å². The maximum Gasteiger partial charge on any atom is 0.329 e. The molecule has 0 radical (unpaired) electrons. The van der Waals surface area contributed by atoms with E-state index < -0.39 is 23.5 Å². The molecule has 132 valence electrons. The molecule has 0 bridgehead atoms. The number of ketones is 2. The second kappa shape index (κ2) is 8.28. The van der Waals surface area contributed by atoms with Crippen LogP contribution in [-0.4, -0.2) is 31.3 Å². The van der Waals surface area contributed by atoms with Crippen LogP contribution in [0.25, 0.3) is 6.08 Å². The fourth-order valence-corrected chi connectivity index (χ4v) is 2.30. The van der Waals surface area contributed by atoms with E-state index in [1.54, 1.807) is 25.3 Å². The van der Waals surface area contributed by atoms with Gasteiger partial charge in [0, 0.05) is 6.08 Å². The van der Waals surface area contributed by atoms with Crippen LogP contribution in [0, 0.1) is 5.92 Å². The fourth-order valence-electron chi connectivity index (χ4n) is 2.30. The highest BCUT2D eigenvalue weighted by Gasteiger charge is 2.36. The number of rotatable bonds is 7. The van der Waals surface area contributed by atoms with E-state index in [4.69, 9.17) is 14.2 Å². The van der Waals surface area contributed by atoms with Crippen LogP contribution < -0.4 is 9.47 Å². The number of cyclic esters (lactones) is 1. The highest BCUT2D eigenvalue weighted by molar-refractivity contribution is 6.25. The topological polar surface area (TPSA) is 78.9 Å². The Morgan fingerprint density at radius 3 is 2.68 bits per heavy atom. The second-order valence-corrected chi connectivity index (χ2v) is 5.51. The molecule has 0 saturated carbocycles. The van der Waals surface area contributed by atoms with Gasteiger partial charge in [-0.25, -0.2) is 0 Å². The van der Waals surface area contributed by atoms with Crippen LogP contribution in [0.15, 0.2) is 36.1 Å². The Labute approximate surface area is 146 Å². The van der Waals surface area contributed by atoms with Gasteiger partial charge in [-0.3, -0.25) is 14.4 Å². The van der Waals surface area contributed by atoms with Crippen LogP contribution in [0.2, 0.25) is 0 Å². The van der Waals surface area contributed by atoms with Crippen molar-refractivity contribution in [2.24, 2.45) is 5.92 Å². The standard InChI is InChI=1S/C19H20O6/c1-4-9-24-17-11-13(6-8-16(17)23-3)5-7-14(20)18-15(21)10-12(2)25-19(18)22/h5-8,10-11,18H,4,9H2,1-3H3. The lowest BCUT2D eigenvalue weighted by molar-refractivity contribution is -0.151. The van der Waals surface area contributed by atoms with Crippen LogP contribution in [0.3, 0.4) is 0 Å². The lowest BCUT2D eigenvalue weighted by Crippen LogP contribution is -2.34. The summed E-state index contributed by atoms with van der Waals surface area (Å²) in [4.78, 5) is 35.8. The van der Waals surface area contributed by atoms with Gasteiger partial charge in [-0.1, -0.05) is 19.1 Å². The molecule has 6 nitrogen and oxygen atoms in total. The van der Waals surface area contributed by atoms with Gasteiger partial charge < -0.3 is 14.2 Å². The minimum Gasteiger partial charge on any atom is -0.493 e. The Kier molecular flexibility index (Phi) is 6.11. The molecular weight excluding hydrogens is 324 g/mol. The summed E-state index contributed by atoms with van der Waals surface area (Å²) >= 11 is 0. The summed E-state index contributed by atoms with van der Waals surface area (Å²) in [5, 5.41) is 0. The average Bonchev–Trinajstić information content (AvgIpc) is 2.57. The second-order valence-electron chi connectivity index (χ2n) is 5.51. The molecule has 6 heteroatoms. The first kappa shape index (κ1) is 18.4. The number of ether oxygens (including phenoxy) is 3. The summed E-state index contributed by atoms with van der Waals surface area (Å²) in [6.07, 6.45) is 4.72. The zero-order valence-corrected chi connectivity index (χ0v) is 14.4. The Bertz CT molecular complexity index is 744. The zero-order chi connectivity index (χ0) is 18.4. The van der Waals surface area contributed by atoms with Gasteiger partial charge in [0.25, 0.3) is 0 Å². The monoisotopic (exact) mass is 344 g/mol. The van der Waals surface area contributed by atoms with Gasteiger partial charge in [0.15, 0.2) is 29.0 Å². The van der Waals surface area contributed by atoms with Gasteiger partial charge in [-0.05, 0) is 37.1 Å². The Hall–Kier alpha value is -2.89. The first-order valence-corrected chi connectivity index (χ1v) is 7.92. The van der Waals surface area contributed by atoms with Crippen molar-refractivity contribution in [1.29, 1.82) is 0 Å². The van der Waals surface area contributed by atoms with Crippen LogP contribution in [-0.2, 0) is 19.1 Å². The van der Waals surface area contributed by atoms with E-state index in [0.717, 1.165) is 12.5 Å². The molecule has 1 heterocycles. The van der Waals surface area contributed by atoms with Gasteiger partial charge in [0.1, 0.15) is 5.76 Å². The summed E-state index contributed by atoms with van der Waals surface area (Å²) in [7, 11) is 1.54. The van der Waals surface area contributed by atoms with Crippen LogP contribution in [0.4, 0.5) is 0 Å². The molecule has 0 amide bonds. The predicted octanol–water partition coefficient (Wildman–Crippen LogP) is 2.71. The molecule has 1 aliphatic heterocycles.